The zero-order valence-corrected chi connectivity index (χ0v) is 9.65. The summed E-state index contributed by atoms with van der Waals surface area (Å²) in [5.74, 6) is 1.50. The van der Waals surface area contributed by atoms with Crippen molar-refractivity contribution >= 4 is 5.97 Å². The van der Waals surface area contributed by atoms with E-state index >= 15 is 0 Å². The third-order valence-electron chi connectivity index (χ3n) is 3.99. The van der Waals surface area contributed by atoms with Crippen LogP contribution in [0.5, 0.6) is 0 Å². The van der Waals surface area contributed by atoms with Crippen LogP contribution in [0.15, 0.2) is 18.5 Å². The van der Waals surface area contributed by atoms with Crippen LogP contribution in [0.25, 0.3) is 0 Å². The normalized spacial score (nSPS) is 31.9. The average molecular weight is 233 g/mol. The molecule has 4 unspecified atom stereocenters. The van der Waals surface area contributed by atoms with Crippen LogP contribution >= 0.6 is 0 Å². The first kappa shape index (κ1) is 10.5. The minimum absolute atomic E-state index is 0.342. The molecule has 2 aliphatic carbocycles. The molecule has 4 atom stereocenters. The fourth-order valence-corrected chi connectivity index (χ4v) is 3.01. The SMILES string of the molecule is CC(C(=O)O)n1cnnc1C1CC2C=CC1C2. The molecule has 1 heterocycles. The maximum absolute atomic E-state index is 11.0. The summed E-state index contributed by atoms with van der Waals surface area (Å²) in [4.78, 5) is 11.0. The molecule has 3 rings (SSSR count). The van der Waals surface area contributed by atoms with Gasteiger partial charge in [-0.3, -0.25) is 0 Å². The number of carboxylic acid groups (broad SMARTS) is 1. The van der Waals surface area contributed by atoms with Crippen LogP contribution in [0.3, 0.4) is 0 Å². The molecule has 2 aliphatic rings. The second-order valence-electron chi connectivity index (χ2n) is 5.00. The van der Waals surface area contributed by atoms with Gasteiger partial charge in [-0.15, -0.1) is 10.2 Å². The number of allylic oxidation sites excluding steroid dienone is 2. The summed E-state index contributed by atoms with van der Waals surface area (Å²) in [7, 11) is 0. The predicted molar refractivity (Wildman–Crippen MR) is 60.5 cm³/mol. The molecule has 0 spiro atoms. The summed E-state index contributed by atoms with van der Waals surface area (Å²) in [5, 5.41) is 17.1. The molecule has 5 heteroatoms. The zero-order valence-electron chi connectivity index (χ0n) is 9.65. The highest BCUT2D eigenvalue weighted by molar-refractivity contribution is 5.71. The van der Waals surface area contributed by atoms with E-state index in [1.165, 1.54) is 12.7 Å². The fraction of sp³-hybridized carbons (Fsp3) is 0.583. The standard InChI is InChI=1S/C12H15N3O2/c1-7(12(16)17)15-6-13-14-11(15)10-5-8-2-3-9(10)4-8/h2-3,6-10H,4-5H2,1H3,(H,16,17). The van der Waals surface area contributed by atoms with Gasteiger partial charge in [-0.1, -0.05) is 12.2 Å². The van der Waals surface area contributed by atoms with Crippen molar-refractivity contribution < 1.29 is 9.90 Å². The van der Waals surface area contributed by atoms with Gasteiger partial charge >= 0.3 is 5.97 Å². The minimum Gasteiger partial charge on any atom is -0.480 e. The van der Waals surface area contributed by atoms with Crippen molar-refractivity contribution in [1.29, 1.82) is 0 Å². The Morgan fingerprint density at radius 2 is 2.35 bits per heavy atom. The number of fused-ring (bicyclic) bond motifs is 2. The first-order chi connectivity index (χ1) is 8.16. The molecule has 1 N–H and O–H groups in total. The van der Waals surface area contributed by atoms with Crippen molar-refractivity contribution in [3.05, 3.63) is 24.3 Å². The topological polar surface area (TPSA) is 68.0 Å². The van der Waals surface area contributed by atoms with Gasteiger partial charge in [0, 0.05) is 5.92 Å². The maximum Gasteiger partial charge on any atom is 0.326 e. The predicted octanol–water partition coefficient (Wildman–Crippen LogP) is 1.60. The number of aliphatic carboxylic acids is 1. The molecule has 90 valence electrons. The Bertz CT molecular complexity index is 480. The summed E-state index contributed by atoms with van der Waals surface area (Å²) >= 11 is 0. The number of aromatic nitrogens is 3. The van der Waals surface area contributed by atoms with Gasteiger partial charge in [0.2, 0.25) is 0 Å². The Kier molecular flexibility index (Phi) is 2.28. The number of hydrogen-bond acceptors (Lipinski definition) is 3. The molecule has 1 saturated carbocycles. The second-order valence-corrected chi connectivity index (χ2v) is 5.00. The highest BCUT2D eigenvalue weighted by Crippen LogP contribution is 2.48. The van der Waals surface area contributed by atoms with Crippen molar-refractivity contribution in [3.63, 3.8) is 0 Å². The Hall–Kier alpha value is -1.65. The smallest absolute Gasteiger partial charge is 0.326 e. The van der Waals surface area contributed by atoms with E-state index in [1.807, 2.05) is 0 Å². The highest BCUT2D eigenvalue weighted by Gasteiger charge is 2.39. The van der Waals surface area contributed by atoms with E-state index in [9.17, 15) is 4.79 Å². The second kappa shape index (κ2) is 3.68. The van der Waals surface area contributed by atoms with Gasteiger partial charge in [-0.25, -0.2) is 4.79 Å². The highest BCUT2D eigenvalue weighted by atomic mass is 16.4. The lowest BCUT2D eigenvalue weighted by atomic mass is 9.92. The van der Waals surface area contributed by atoms with E-state index in [2.05, 4.69) is 22.3 Å². The molecule has 0 saturated heterocycles. The Morgan fingerprint density at radius 3 is 2.94 bits per heavy atom. The molecule has 1 fully saturated rings. The van der Waals surface area contributed by atoms with Gasteiger partial charge in [0.1, 0.15) is 18.2 Å². The average Bonchev–Trinajstić information content (AvgIpc) is 3.02. The first-order valence-corrected chi connectivity index (χ1v) is 5.97. The number of rotatable bonds is 3. The van der Waals surface area contributed by atoms with Crippen LogP contribution in [0.2, 0.25) is 0 Å². The molecule has 1 aromatic heterocycles. The number of nitrogens with zero attached hydrogens (tertiary/aromatic N) is 3. The molecular weight excluding hydrogens is 218 g/mol. The lowest BCUT2D eigenvalue weighted by molar-refractivity contribution is -0.140. The van der Waals surface area contributed by atoms with Crippen LogP contribution in [0, 0.1) is 11.8 Å². The number of carbonyl (C=O) groups is 1. The van der Waals surface area contributed by atoms with Crippen molar-refractivity contribution in [3.8, 4) is 0 Å². The summed E-state index contributed by atoms with van der Waals surface area (Å²) in [6.07, 6.45) is 8.29. The lowest BCUT2D eigenvalue weighted by Crippen LogP contribution is -2.20. The fourth-order valence-electron chi connectivity index (χ4n) is 3.01. The molecule has 5 nitrogen and oxygen atoms in total. The van der Waals surface area contributed by atoms with Gasteiger partial charge < -0.3 is 9.67 Å². The van der Waals surface area contributed by atoms with E-state index in [0.717, 1.165) is 12.2 Å². The Morgan fingerprint density at radius 1 is 1.53 bits per heavy atom. The van der Waals surface area contributed by atoms with Crippen LogP contribution in [0.4, 0.5) is 0 Å². The van der Waals surface area contributed by atoms with Gasteiger partial charge in [0.25, 0.3) is 0 Å². The maximum atomic E-state index is 11.0. The molecule has 0 aromatic carbocycles. The Labute approximate surface area is 99.2 Å². The molecule has 1 aromatic rings. The Balaban J connectivity index is 1.92. The molecule has 0 amide bonds. The van der Waals surface area contributed by atoms with E-state index < -0.39 is 12.0 Å². The monoisotopic (exact) mass is 233 g/mol. The number of carboxylic acids is 1. The molecule has 17 heavy (non-hydrogen) atoms. The van der Waals surface area contributed by atoms with E-state index in [4.69, 9.17) is 5.11 Å². The van der Waals surface area contributed by atoms with E-state index in [-0.39, 0.29) is 0 Å². The zero-order chi connectivity index (χ0) is 12.0. The largest absolute Gasteiger partial charge is 0.480 e. The van der Waals surface area contributed by atoms with Crippen LogP contribution < -0.4 is 0 Å². The van der Waals surface area contributed by atoms with Gasteiger partial charge in [0.05, 0.1) is 0 Å². The van der Waals surface area contributed by atoms with Gasteiger partial charge in [-0.05, 0) is 31.6 Å². The molecule has 2 bridgehead atoms. The summed E-state index contributed by atoms with van der Waals surface area (Å²) in [5.41, 5.74) is 0. The lowest BCUT2D eigenvalue weighted by Gasteiger charge is -2.19. The van der Waals surface area contributed by atoms with E-state index in [1.54, 1.807) is 11.5 Å². The first-order valence-electron chi connectivity index (χ1n) is 5.97. The summed E-state index contributed by atoms with van der Waals surface area (Å²) < 4.78 is 1.70. The van der Waals surface area contributed by atoms with Crippen LogP contribution in [0.1, 0.15) is 37.5 Å². The quantitative estimate of drug-likeness (QED) is 0.805. The molecular formula is C12H15N3O2. The van der Waals surface area contributed by atoms with E-state index in [0.29, 0.717) is 17.8 Å². The van der Waals surface area contributed by atoms with Crippen molar-refractivity contribution in [2.75, 3.05) is 0 Å². The van der Waals surface area contributed by atoms with Crippen LogP contribution in [-0.2, 0) is 4.79 Å². The minimum atomic E-state index is -0.843. The third kappa shape index (κ3) is 1.57. The molecule has 0 aliphatic heterocycles. The van der Waals surface area contributed by atoms with Crippen molar-refractivity contribution in [2.45, 2.75) is 31.7 Å². The summed E-state index contributed by atoms with van der Waals surface area (Å²) in [6, 6.07) is -0.594. The number of hydrogen-bond donors (Lipinski definition) is 1. The van der Waals surface area contributed by atoms with Gasteiger partial charge in [-0.2, -0.15) is 0 Å². The van der Waals surface area contributed by atoms with Crippen molar-refractivity contribution in [1.82, 2.24) is 14.8 Å². The molecule has 0 radical (unpaired) electrons. The third-order valence-corrected chi connectivity index (χ3v) is 3.99. The van der Waals surface area contributed by atoms with Gasteiger partial charge in [0.15, 0.2) is 0 Å². The van der Waals surface area contributed by atoms with Crippen molar-refractivity contribution in [2.24, 2.45) is 11.8 Å². The summed E-state index contributed by atoms with van der Waals surface area (Å²) in [6.45, 7) is 1.66. The van der Waals surface area contributed by atoms with Crippen LogP contribution in [-0.4, -0.2) is 25.8 Å².